The molecular weight excluding hydrogens is 340 g/mol. The third-order valence-corrected chi connectivity index (χ3v) is 5.60. The largest absolute Gasteiger partial charge is 0.489 e. The molecule has 2 unspecified atom stereocenters. The van der Waals surface area contributed by atoms with Gasteiger partial charge in [-0.1, -0.05) is 36.4 Å². The fourth-order valence-electron chi connectivity index (χ4n) is 4.40. The number of hydrogen-bond donors (Lipinski definition) is 1. The Kier molecular flexibility index (Phi) is 4.48. The van der Waals surface area contributed by atoms with E-state index in [4.69, 9.17) is 9.84 Å². The SMILES string of the molecule is CC(=O)C1=NN2c3cc(C)ccc3OCC2C1(CCCO)c1ccccc1. The van der Waals surface area contributed by atoms with E-state index in [1.54, 1.807) is 6.92 Å². The quantitative estimate of drug-likeness (QED) is 0.885. The van der Waals surface area contributed by atoms with Crippen molar-refractivity contribution in [1.82, 2.24) is 0 Å². The molecule has 140 valence electrons. The summed E-state index contributed by atoms with van der Waals surface area (Å²) in [5, 5.41) is 16.3. The highest BCUT2D eigenvalue weighted by molar-refractivity contribution is 6.43. The Hall–Kier alpha value is -2.66. The van der Waals surface area contributed by atoms with Crippen LogP contribution in [-0.2, 0) is 10.2 Å². The van der Waals surface area contributed by atoms with E-state index in [2.05, 4.69) is 6.07 Å². The molecule has 0 aromatic heterocycles. The Labute approximate surface area is 159 Å². The van der Waals surface area contributed by atoms with Crippen LogP contribution in [0.4, 0.5) is 5.69 Å². The van der Waals surface area contributed by atoms with Crippen LogP contribution in [0, 0.1) is 6.92 Å². The summed E-state index contributed by atoms with van der Waals surface area (Å²) in [5.41, 5.74) is 3.00. The van der Waals surface area contributed by atoms with Crippen molar-refractivity contribution in [2.75, 3.05) is 18.2 Å². The van der Waals surface area contributed by atoms with Crippen molar-refractivity contribution < 1.29 is 14.6 Å². The first kappa shape index (κ1) is 17.7. The predicted octanol–water partition coefficient (Wildman–Crippen LogP) is 3.23. The average Bonchev–Trinajstić information content (AvgIpc) is 3.03. The van der Waals surface area contributed by atoms with Gasteiger partial charge in [0.15, 0.2) is 5.78 Å². The molecule has 0 spiro atoms. The number of carbonyl (C=O) groups is 1. The monoisotopic (exact) mass is 364 g/mol. The smallest absolute Gasteiger partial charge is 0.176 e. The molecule has 1 N–H and O–H groups in total. The fourth-order valence-corrected chi connectivity index (χ4v) is 4.40. The zero-order chi connectivity index (χ0) is 19.0. The maximum Gasteiger partial charge on any atom is 0.176 e. The number of hydrogen-bond acceptors (Lipinski definition) is 5. The highest BCUT2D eigenvalue weighted by Gasteiger charge is 2.55. The molecular formula is C22H24N2O3. The minimum atomic E-state index is -0.600. The van der Waals surface area contributed by atoms with Crippen molar-refractivity contribution in [3.8, 4) is 5.75 Å². The number of ether oxygens (including phenoxy) is 1. The highest BCUT2D eigenvalue weighted by atomic mass is 16.5. The number of anilines is 1. The number of aryl methyl sites for hydroxylation is 1. The Morgan fingerprint density at radius 1 is 1.30 bits per heavy atom. The van der Waals surface area contributed by atoms with Crippen molar-refractivity contribution in [3.05, 3.63) is 59.7 Å². The van der Waals surface area contributed by atoms with Crippen LogP contribution >= 0.6 is 0 Å². The van der Waals surface area contributed by atoms with E-state index in [1.165, 1.54) is 0 Å². The molecule has 0 bridgehead atoms. The second-order valence-corrected chi connectivity index (χ2v) is 7.31. The van der Waals surface area contributed by atoms with E-state index < -0.39 is 5.41 Å². The van der Waals surface area contributed by atoms with E-state index in [1.807, 2.05) is 54.4 Å². The molecule has 5 nitrogen and oxygen atoms in total. The van der Waals surface area contributed by atoms with Gasteiger partial charge in [-0.3, -0.25) is 9.80 Å². The molecule has 0 aliphatic carbocycles. The van der Waals surface area contributed by atoms with Gasteiger partial charge in [-0.15, -0.1) is 0 Å². The number of aliphatic hydroxyl groups is 1. The molecule has 0 saturated carbocycles. The second-order valence-electron chi connectivity index (χ2n) is 7.31. The summed E-state index contributed by atoms with van der Waals surface area (Å²) in [6.45, 7) is 4.12. The van der Waals surface area contributed by atoms with Gasteiger partial charge in [0.05, 0.1) is 5.41 Å². The maximum atomic E-state index is 12.7. The molecule has 0 saturated heterocycles. The lowest BCUT2D eigenvalue weighted by atomic mass is 9.67. The van der Waals surface area contributed by atoms with Crippen LogP contribution < -0.4 is 9.75 Å². The first-order valence-corrected chi connectivity index (χ1v) is 9.37. The summed E-state index contributed by atoms with van der Waals surface area (Å²) in [5.74, 6) is 0.745. The fraction of sp³-hybridized carbons (Fsp3) is 0.364. The summed E-state index contributed by atoms with van der Waals surface area (Å²) in [7, 11) is 0. The zero-order valence-corrected chi connectivity index (χ0v) is 15.7. The molecule has 4 rings (SSSR count). The van der Waals surface area contributed by atoms with E-state index in [0.717, 1.165) is 22.6 Å². The van der Waals surface area contributed by atoms with Gasteiger partial charge in [0.2, 0.25) is 0 Å². The number of nitrogens with zero attached hydrogens (tertiary/aromatic N) is 2. The molecule has 5 heteroatoms. The van der Waals surface area contributed by atoms with Crippen molar-refractivity contribution in [3.63, 3.8) is 0 Å². The second kappa shape index (κ2) is 6.82. The number of carbonyl (C=O) groups excluding carboxylic acids is 1. The highest BCUT2D eigenvalue weighted by Crippen LogP contribution is 2.48. The molecule has 2 heterocycles. The Bertz CT molecular complexity index is 894. The van der Waals surface area contributed by atoms with Gasteiger partial charge in [-0.25, -0.2) is 0 Å². The van der Waals surface area contributed by atoms with Gasteiger partial charge in [-0.2, -0.15) is 5.10 Å². The Morgan fingerprint density at radius 2 is 2.07 bits per heavy atom. The van der Waals surface area contributed by atoms with Gasteiger partial charge >= 0.3 is 0 Å². The predicted molar refractivity (Wildman–Crippen MR) is 105 cm³/mol. The first-order chi connectivity index (χ1) is 13.1. The molecule has 27 heavy (non-hydrogen) atoms. The van der Waals surface area contributed by atoms with E-state index in [-0.39, 0.29) is 18.4 Å². The van der Waals surface area contributed by atoms with Crippen LogP contribution in [0.25, 0.3) is 0 Å². The topological polar surface area (TPSA) is 62.1 Å². The van der Waals surface area contributed by atoms with Crippen molar-refractivity contribution in [1.29, 1.82) is 0 Å². The molecule has 0 radical (unpaired) electrons. The Balaban J connectivity index is 1.91. The standard InChI is InChI=1S/C22H24N2O3/c1-15-9-10-19-18(13-15)24-20(14-27-19)22(11-6-12-25,21(23-24)16(2)26)17-7-4-3-5-8-17/h3-5,7-10,13,20,25H,6,11-12,14H2,1-2H3. The summed E-state index contributed by atoms with van der Waals surface area (Å²) in [6.07, 6.45) is 1.23. The van der Waals surface area contributed by atoms with Crippen molar-refractivity contribution in [2.45, 2.75) is 38.1 Å². The maximum absolute atomic E-state index is 12.7. The number of rotatable bonds is 5. The molecule has 2 aliphatic heterocycles. The lowest BCUT2D eigenvalue weighted by Crippen LogP contribution is -2.53. The average molecular weight is 364 g/mol. The third kappa shape index (κ3) is 2.73. The van der Waals surface area contributed by atoms with Gasteiger partial charge < -0.3 is 9.84 Å². The van der Waals surface area contributed by atoms with E-state index in [9.17, 15) is 9.90 Å². The minimum absolute atomic E-state index is 0.0413. The Morgan fingerprint density at radius 3 is 2.78 bits per heavy atom. The summed E-state index contributed by atoms with van der Waals surface area (Å²) in [6, 6.07) is 15.9. The van der Waals surface area contributed by atoms with Crippen LogP contribution in [-0.4, -0.2) is 35.9 Å². The summed E-state index contributed by atoms with van der Waals surface area (Å²) >= 11 is 0. The van der Waals surface area contributed by atoms with Gasteiger partial charge in [0.25, 0.3) is 0 Å². The van der Waals surface area contributed by atoms with E-state index >= 15 is 0 Å². The van der Waals surface area contributed by atoms with Gasteiger partial charge in [0.1, 0.15) is 29.8 Å². The number of aliphatic hydroxyl groups excluding tert-OH is 1. The van der Waals surface area contributed by atoms with Crippen molar-refractivity contribution in [2.24, 2.45) is 5.10 Å². The summed E-state index contributed by atoms with van der Waals surface area (Å²) in [4.78, 5) is 12.7. The van der Waals surface area contributed by atoms with Crippen LogP contribution in [0.3, 0.4) is 0 Å². The number of benzene rings is 2. The van der Waals surface area contributed by atoms with Gasteiger partial charge in [0, 0.05) is 13.5 Å². The number of Topliss-reactive ketones (excluding diaryl/α,β-unsaturated/α-hetero) is 1. The number of ketones is 1. The zero-order valence-electron chi connectivity index (χ0n) is 15.7. The lowest BCUT2D eigenvalue weighted by molar-refractivity contribution is -0.111. The molecule has 2 aromatic carbocycles. The molecule has 0 amide bonds. The first-order valence-electron chi connectivity index (χ1n) is 9.37. The summed E-state index contributed by atoms with van der Waals surface area (Å²) < 4.78 is 6.09. The number of fused-ring (bicyclic) bond motifs is 3. The van der Waals surface area contributed by atoms with Gasteiger partial charge in [-0.05, 0) is 43.0 Å². The number of hydrazone groups is 1. The molecule has 2 aromatic rings. The van der Waals surface area contributed by atoms with E-state index in [0.29, 0.717) is 25.2 Å². The van der Waals surface area contributed by atoms with Crippen molar-refractivity contribution >= 4 is 17.2 Å². The normalized spacial score (nSPS) is 23.3. The van der Waals surface area contributed by atoms with Crippen LogP contribution in [0.1, 0.15) is 30.9 Å². The molecule has 2 atom stereocenters. The van der Waals surface area contributed by atoms with Crippen LogP contribution in [0.15, 0.2) is 53.6 Å². The lowest BCUT2D eigenvalue weighted by Gasteiger charge is -2.41. The third-order valence-electron chi connectivity index (χ3n) is 5.60. The van der Waals surface area contributed by atoms with Crippen LogP contribution in [0.2, 0.25) is 0 Å². The molecule has 0 fully saturated rings. The molecule has 2 aliphatic rings. The van der Waals surface area contributed by atoms with Crippen LogP contribution in [0.5, 0.6) is 5.75 Å². The minimum Gasteiger partial charge on any atom is -0.489 e.